The Morgan fingerprint density at radius 2 is 2.05 bits per heavy atom. The topological polar surface area (TPSA) is 29.1 Å². The van der Waals surface area contributed by atoms with Crippen LogP contribution < -0.4 is 5.32 Å². The first-order chi connectivity index (χ1) is 9.72. The van der Waals surface area contributed by atoms with Gasteiger partial charge in [0.15, 0.2) is 5.78 Å². The highest BCUT2D eigenvalue weighted by Gasteiger charge is 2.34. The SMILES string of the molecule is O=C(Cc1cccc(F)c1)C1CCC2CCCCC2N1. The fourth-order valence-electron chi connectivity index (χ4n) is 3.72. The molecule has 1 aliphatic carbocycles. The van der Waals surface area contributed by atoms with Gasteiger partial charge in [0.25, 0.3) is 0 Å². The lowest BCUT2D eigenvalue weighted by atomic mass is 9.77. The Morgan fingerprint density at radius 3 is 2.90 bits per heavy atom. The van der Waals surface area contributed by atoms with Gasteiger partial charge in [-0.2, -0.15) is 0 Å². The number of halogens is 1. The van der Waals surface area contributed by atoms with E-state index in [1.165, 1.54) is 37.8 Å². The molecule has 2 fully saturated rings. The number of carbonyl (C=O) groups excluding carboxylic acids is 1. The smallest absolute Gasteiger partial charge is 0.154 e. The fourth-order valence-corrected chi connectivity index (χ4v) is 3.72. The molecule has 3 atom stereocenters. The van der Waals surface area contributed by atoms with Crippen molar-refractivity contribution in [1.29, 1.82) is 0 Å². The number of hydrogen-bond acceptors (Lipinski definition) is 2. The number of carbonyl (C=O) groups is 1. The van der Waals surface area contributed by atoms with Crippen LogP contribution in [0.1, 0.15) is 44.1 Å². The maximum atomic E-state index is 13.2. The third-order valence-corrected chi connectivity index (χ3v) is 4.81. The van der Waals surface area contributed by atoms with Gasteiger partial charge in [-0.3, -0.25) is 4.79 Å². The van der Waals surface area contributed by atoms with Crippen molar-refractivity contribution >= 4 is 5.78 Å². The van der Waals surface area contributed by atoms with Crippen LogP contribution in [0.4, 0.5) is 4.39 Å². The van der Waals surface area contributed by atoms with Crippen molar-refractivity contribution in [3.8, 4) is 0 Å². The average Bonchev–Trinajstić information content (AvgIpc) is 2.47. The number of ketones is 1. The van der Waals surface area contributed by atoms with Gasteiger partial charge in [0.1, 0.15) is 5.82 Å². The molecule has 1 aromatic rings. The largest absolute Gasteiger partial charge is 0.304 e. The second-order valence-corrected chi connectivity index (χ2v) is 6.22. The predicted molar refractivity (Wildman–Crippen MR) is 77.0 cm³/mol. The van der Waals surface area contributed by atoms with Crippen LogP contribution in [0.25, 0.3) is 0 Å². The Labute approximate surface area is 119 Å². The number of rotatable bonds is 3. The zero-order valence-electron chi connectivity index (χ0n) is 11.8. The summed E-state index contributed by atoms with van der Waals surface area (Å²) in [5.41, 5.74) is 0.780. The molecule has 1 heterocycles. The van der Waals surface area contributed by atoms with Crippen LogP contribution >= 0.6 is 0 Å². The molecule has 3 heteroatoms. The standard InChI is InChI=1S/C17H22FNO/c18-14-6-3-4-12(10-14)11-17(20)16-9-8-13-5-1-2-7-15(13)19-16/h3-4,6,10,13,15-16,19H,1-2,5,7-9,11H2. The summed E-state index contributed by atoms with van der Waals surface area (Å²) in [5.74, 6) is 0.709. The van der Waals surface area contributed by atoms with E-state index in [0.717, 1.165) is 24.3 Å². The summed E-state index contributed by atoms with van der Waals surface area (Å²) in [6.45, 7) is 0. The van der Waals surface area contributed by atoms with E-state index in [4.69, 9.17) is 0 Å². The van der Waals surface area contributed by atoms with Gasteiger partial charge in [0.2, 0.25) is 0 Å². The van der Waals surface area contributed by atoms with Gasteiger partial charge in [-0.05, 0) is 49.3 Å². The molecule has 2 aliphatic rings. The summed E-state index contributed by atoms with van der Waals surface area (Å²) in [5, 5.41) is 3.55. The number of Topliss-reactive ketones (excluding diaryl/α,β-unsaturated/α-hetero) is 1. The second-order valence-electron chi connectivity index (χ2n) is 6.22. The molecule has 108 valence electrons. The zero-order chi connectivity index (χ0) is 13.9. The molecular weight excluding hydrogens is 253 g/mol. The second kappa shape index (κ2) is 6.04. The minimum Gasteiger partial charge on any atom is -0.304 e. The maximum absolute atomic E-state index is 13.2. The Bertz CT molecular complexity index is 488. The Hall–Kier alpha value is -1.22. The summed E-state index contributed by atoms with van der Waals surface area (Å²) in [7, 11) is 0. The van der Waals surface area contributed by atoms with Crippen molar-refractivity contribution in [3.05, 3.63) is 35.6 Å². The summed E-state index contributed by atoms with van der Waals surface area (Å²) in [6, 6.07) is 6.87. The Kier molecular flexibility index (Phi) is 4.16. The van der Waals surface area contributed by atoms with Crippen molar-refractivity contribution in [2.45, 2.75) is 57.0 Å². The van der Waals surface area contributed by atoms with Gasteiger partial charge in [-0.15, -0.1) is 0 Å². The van der Waals surface area contributed by atoms with Crippen LogP contribution in [-0.4, -0.2) is 17.9 Å². The molecule has 0 radical (unpaired) electrons. The van der Waals surface area contributed by atoms with Gasteiger partial charge in [0.05, 0.1) is 6.04 Å². The highest BCUT2D eigenvalue weighted by atomic mass is 19.1. The van der Waals surface area contributed by atoms with E-state index in [2.05, 4.69) is 5.32 Å². The Morgan fingerprint density at radius 1 is 1.20 bits per heavy atom. The van der Waals surface area contributed by atoms with Gasteiger partial charge >= 0.3 is 0 Å². The number of hydrogen-bond donors (Lipinski definition) is 1. The highest BCUT2D eigenvalue weighted by molar-refractivity contribution is 5.86. The van der Waals surface area contributed by atoms with E-state index in [-0.39, 0.29) is 17.6 Å². The van der Waals surface area contributed by atoms with Gasteiger partial charge < -0.3 is 5.32 Å². The lowest BCUT2D eigenvalue weighted by molar-refractivity contribution is -0.121. The molecule has 3 rings (SSSR count). The number of piperidine rings is 1. The van der Waals surface area contributed by atoms with Crippen LogP contribution in [0, 0.1) is 11.7 Å². The van der Waals surface area contributed by atoms with E-state index in [9.17, 15) is 9.18 Å². The minimum atomic E-state index is -0.265. The van der Waals surface area contributed by atoms with Crippen molar-refractivity contribution < 1.29 is 9.18 Å². The summed E-state index contributed by atoms with van der Waals surface area (Å²) < 4.78 is 13.2. The molecule has 2 nitrogen and oxygen atoms in total. The molecule has 0 spiro atoms. The zero-order valence-corrected chi connectivity index (χ0v) is 11.8. The molecular formula is C17H22FNO. The molecule has 0 aromatic heterocycles. The van der Waals surface area contributed by atoms with Gasteiger partial charge in [-0.1, -0.05) is 25.0 Å². The van der Waals surface area contributed by atoms with Crippen LogP contribution in [0.2, 0.25) is 0 Å². The summed E-state index contributed by atoms with van der Waals surface area (Å²) in [6.07, 6.45) is 7.57. The number of nitrogens with one attached hydrogen (secondary N) is 1. The van der Waals surface area contributed by atoms with Gasteiger partial charge in [0, 0.05) is 12.5 Å². The molecule has 20 heavy (non-hydrogen) atoms. The lowest BCUT2D eigenvalue weighted by Crippen LogP contribution is -2.52. The quantitative estimate of drug-likeness (QED) is 0.917. The Balaban J connectivity index is 1.60. The highest BCUT2D eigenvalue weighted by Crippen LogP contribution is 2.32. The first kappa shape index (κ1) is 13.7. The van der Waals surface area contributed by atoms with Crippen LogP contribution in [-0.2, 0) is 11.2 Å². The molecule has 1 saturated carbocycles. The molecule has 1 aliphatic heterocycles. The van der Waals surface area contributed by atoms with Crippen molar-refractivity contribution in [2.24, 2.45) is 5.92 Å². The molecule has 1 aromatic carbocycles. The third-order valence-electron chi connectivity index (χ3n) is 4.81. The first-order valence-electron chi connectivity index (χ1n) is 7.75. The van der Waals surface area contributed by atoms with E-state index < -0.39 is 0 Å². The predicted octanol–water partition coefficient (Wildman–Crippen LogP) is 3.25. The number of benzene rings is 1. The van der Waals surface area contributed by atoms with Crippen molar-refractivity contribution in [3.63, 3.8) is 0 Å². The van der Waals surface area contributed by atoms with Crippen LogP contribution in [0.5, 0.6) is 0 Å². The van der Waals surface area contributed by atoms with Crippen molar-refractivity contribution in [1.82, 2.24) is 5.32 Å². The van der Waals surface area contributed by atoms with Crippen molar-refractivity contribution in [2.75, 3.05) is 0 Å². The lowest BCUT2D eigenvalue weighted by Gasteiger charge is -2.40. The van der Waals surface area contributed by atoms with E-state index in [1.54, 1.807) is 6.07 Å². The van der Waals surface area contributed by atoms with Crippen LogP contribution in [0.15, 0.2) is 24.3 Å². The molecule has 0 amide bonds. The molecule has 1 N–H and O–H groups in total. The van der Waals surface area contributed by atoms with Crippen LogP contribution in [0.3, 0.4) is 0 Å². The summed E-state index contributed by atoms with van der Waals surface area (Å²) >= 11 is 0. The average molecular weight is 275 g/mol. The number of fused-ring (bicyclic) bond motifs is 1. The fraction of sp³-hybridized carbons (Fsp3) is 0.588. The molecule has 0 bridgehead atoms. The normalized spacial score (nSPS) is 29.8. The molecule has 3 unspecified atom stereocenters. The van der Waals surface area contributed by atoms with E-state index in [1.807, 2.05) is 6.07 Å². The third kappa shape index (κ3) is 3.09. The monoisotopic (exact) mass is 275 g/mol. The summed E-state index contributed by atoms with van der Waals surface area (Å²) in [4.78, 5) is 12.4. The minimum absolute atomic E-state index is 0.0300. The molecule has 1 saturated heterocycles. The van der Waals surface area contributed by atoms with E-state index in [0.29, 0.717) is 12.5 Å². The van der Waals surface area contributed by atoms with Gasteiger partial charge in [-0.25, -0.2) is 4.39 Å². The maximum Gasteiger partial charge on any atom is 0.154 e. The van der Waals surface area contributed by atoms with E-state index >= 15 is 0 Å². The first-order valence-corrected chi connectivity index (χ1v) is 7.75.